The first-order valence-electron chi connectivity index (χ1n) is 8.87. The Morgan fingerprint density at radius 2 is 1.89 bits per heavy atom. The molecule has 1 aromatic heterocycles. The van der Waals surface area contributed by atoms with Crippen molar-refractivity contribution in [3.05, 3.63) is 47.8 Å². The molecule has 1 N–H and O–H groups in total. The summed E-state index contributed by atoms with van der Waals surface area (Å²) in [6.45, 7) is 2.81. The first-order valence-corrected chi connectivity index (χ1v) is 8.87. The number of nitrogens with one attached hydrogen (secondary N) is 1. The van der Waals surface area contributed by atoms with Crippen molar-refractivity contribution in [2.75, 3.05) is 45.2 Å². The number of benzene rings is 1. The van der Waals surface area contributed by atoms with Gasteiger partial charge in [-0.2, -0.15) is 0 Å². The summed E-state index contributed by atoms with van der Waals surface area (Å²) in [5, 5.41) is 3.16. The fraction of sp³-hybridized carbons (Fsp3) is 0.368. The Hall–Kier alpha value is -3.16. The molecular weight excluding hydrogens is 346 g/mol. The van der Waals surface area contributed by atoms with Gasteiger partial charge >= 0.3 is 0 Å². The molecule has 2 aromatic rings. The van der Waals surface area contributed by atoms with E-state index in [1.165, 1.54) is 12.4 Å². The number of aromatic nitrogens is 2. The Morgan fingerprint density at radius 1 is 1.19 bits per heavy atom. The van der Waals surface area contributed by atoms with Gasteiger partial charge in [0.1, 0.15) is 5.75 Å². The number of hydrogen-bond donors (Lipinski definition) is 1. The maximum Gasteiger partial charge on any atom is 0.257 e. The standard InChI is InChI=1S/C19H23N5O3/c1-27-17-5-3-2-4-15(17)6-7-20-19-21-12-16(13-22-19)18(26)24-10-8-23(14-25)9-11-24/h2-5,12-14H,6-11H2,1H3,(H,20,21,22). The normalized spacial score (nSPS) is 14.0. The number of carbonyl (C=O) groups excluding carboxylic acids is 2. The molecule has 0 unspecified atom stereocenters. The van der Waals surface area contributed by atoms with E-state index in [9.17, 15) is 9.59 Å². The molecule has 1 fully saturated rings. The van der Waals surface area contributed by atoms with Gasteiger partial charge in [-0.05, 0) is 18.1 Å². The Labute approximate surface area is 158 Å². The maximum absolute atomic E-state index is 12.5. The van der Waals surface area contributed by atoms with Crippen molar-refractivity contribution in [3.63, 3.8) is 0 Å². The first-order chi connectivity index (χ1) is 13.2. The second kappa shape index (κ2) is 8.98. The van der Waals surface area contributed by atoms with E-state index in [0.29, 0.717) is 44.2 Å². The molecule has 0 aliphatic carbocycles. The number of carbonyl (C=O) groups is 2. The zero-order valence-electron chi connectivity index (χ0n) is 15.3. The number of anilines is 1. The predicted molar refractivity (Wildman–Crippen MR) is 101 cm³/mol. The molecule has 3 rings (SSSR count). The topological polar surface area (TPSA) is 87.7 Å². The molecule has 1 aromatic carbocycles. The van der Waals surface area contributed by atoms with Gasteiger partial charge in [-0.15, -0.1) is 0 Å². The van der Waals surface area contributed by atoms with Crippen LogP contribution < -0.4 is 10.1 Å². The minimum Gasteiger partial charge on any atom is -0.496 e. The molecule has 142 valence electrons. The zero-order valence-corrected chi connectivity index (χ0v) is 15.3. The van der Waals surface area contributed by atoms with E-state index >= 15 is 0 Å². The van der Waals surface area contributed by atoms with Crippen molar-refractivity contribution in [2.45, 2.75) is 6.42 Å². The highest BCUT2D eigenvalue weighted by Crippen LogP contribution is 2.17. The second-order valence-electron chi connectivity index (χ2n) is 6.22. The molecule has 1 saturated heterocycles. The Bertz CT molecular complexity index is 773. The number of piperazine rings is 1. The lowest BCUT2D eigenvalue weighted by atomic mass is 10.1. The van der Waals surface area contributed by atoms with E-state index in [0.717, 1.165) is 24.1 Å². The molecule has 2 amide bonds. The van der Waals surface area contributed by atoms with Crippen molar-refractivity contribution in [1.82, 2.24) is 19.8 Å². The highest BCUT2D eigenvalue weighted by Gasteiger charge is 2.21. The third-order valence-corrected chi connectivity index (χ3v) is 4.52. The van der Waals surface area contributed by atoms with Gasteiger partial charge < -0.3 is 19.9 Å². The maximum atomic E-state index is 12.5. The zero-order chi connectivity index (χ0) is 19.1. The summed E-state index contributed by atoms with van der Waals surface area (Å²) in [6, 6.07) is 7.87. The monoisotopic (exact) mass is 369 g/mol. The third kappa shape index (κ3) is 4.72. The molecule has 8 heteroatoms. The van der Waals surface area contributed by atoms with Crippen LogP contribution in [0.3, 0.4) is 0 Å². The van der Waals surface area contributed by atoms with Crippen LogP contribution in [0.4, 0.5) is 5.95 Å². The molecule has 1 aliphatic heterocycles. The SMILES string of the molecule is COc1ccccc1CCNc1ncc(C(=O)N2CCN(C=O)CC2)cn1. The number of hydrogen-bond acceptors (Lipinski definition) is 6. The fourth-order valence-corrected chi connectivity index (χ4v) is 2.96. The largest absolute Gasteiger partial charge is 0.496 e. The molecule has 0 saturated carbocycles. The Morgan fingerprint density at radius 3 is 2.56 bits per heavy atom. The highest BCUT2D eigenvalue weighted by atomic mass is 16.5. The summed E-state index contributed by atoms with van der Waals surface area (Å²) in [6.07, 6.45) is 4.66. The van der Waals surface area contributed by atoms with Gasteiger partial charge in [0.25, 0.3) is 5.91 Å². The fourth-order valence-electron chi connectivity index (χ4n) is 2.96. The lowest BCUT2D eigenvalue weighted by molar-refractivity contribution is -0.119. The number of methoxy groups -OCH3 is 1. The van der Waals surface area contributed by atoms with E-state index in [2.05, 4.69) is 15.3 Å². The minimum absolute atomic E-state index is 0.110. The predicted octanol–water partition coefficient (Wildman–Crippen LogP) is 1.05. The summed E-state index contributed by atoms with van der Waals surface area (Å²) in [4.78, 5) is 35.1. The molecule has 1 aliphatic rings. The smallest absolute Gasteiger partial charge is 0.257 e. The average molecular weight is 369 g/mol. The Kier molecular flexibility index (Phi) is 6.19. The first kappa shape index (κ1) is 18.6. The van der Waals surface area contributed by atoms with Crippen LogP contribution in [0.2, 0.25) is 0 Å². The van der Waals surface area contributed by atoms with Gasteiger partial charge in [-0.3, -0.25) is 9.59 Å². The number of ether oxygens (including phenoxy) is 1. The van der Waals surface area contributed by atoms with Crippen LogP contribution in [0.25, 0.3) is 0 Å². The van der Waals surface area contributed by atoms with Crippen LogP contribution in [-0.4, -0.2) is 71.9 Å². The highest BCUT2D eigenvalue weighted by molar-refractivity contribution is 5.93. The van der Waals surface area contributed by atoms with Gasteiger partial charge in [0.2, 0.25) is 12.4 Å². The lowest BCUT2D eigenvalue weighted by Gasteiger charge is -2.32. The quantitative estimate of drug-likeness (QED) is 0.734. The van der Waals surface area contributed by atoms with E-state index < -0.39 is 0 Å². The molecule has 8 nitrogen and oxygen atoms in total. The summed E-state index contributed by atoms with van der Waals surface area (Å²) in [7, 11) is 1.66. The van der Waals surface area contributed by atoms with Crippen LogP contribution in [0.5, 0.6) is 5.75 Å². The van der Waals surface area contributed by atoms with Gasteiger partial charge in [-0.25, -0.2) is 9.97 Å². The number of rotatable bonds is 7. The second-order valence-corrected chi connectivity index (χ2v) is 6.22. The van der Waals surface area contributed by atoms with Crippen LogP contribution in [0.1, 0.15) is 15.9 Å². The molecule has 0 bridgehead atoms. The molecule has 0 radical (unpaired) electrons. The van der Waals surface area contributed by atoms with Crippen LogP contribution in [0, 0.1) is 0 Å². The van der Waals surface area contributed by atoms with Crippen molar-refractivity contribution in [1.29, 1.82) is 0 Å². The van der Waals surface area contributed by atoms with E-state index in [1.807, 2.05) is 24.3 Å². The minimum atomic E-state index is -0.110. The van der Waals surface area contributed by atoms with Gasteiger partial charge in [0.05, 0.1) is 12.7 Å². The van der Waals surface area contributed by atoms with Crippen LogP contribution in [0.15, 0.2) is 36.7 Å². The number of amides is 2. The molecule has 27 heavy (non-hydrogen) atoms. The molecule has 0 atom stereocenters. The van der Waals surface area contributed by atoms with Crippen LogP contribution >= 0.6 is 0 Å². The molecule has 0 spiro atoms. The summed E-state index contributed by atoms with van der Waals surface area (Å²) < 4.78 is 5.34. The van der Waals surface area contributed by atoms with Crippen LogP contribution in [-0.2, 0) is 11.2 Å². The number of para-hydroxylation sites is 1. The van der Waals surface area contributed by atoms with Gasteiger partial charge in [-0.1, -0.05) is 18.2 Å². The molecule has 2 heterocycles. The molecular formula is C19H23N5O3. The average Bonchev–Trinajstić information content (AvgIpc) is 2.74. The van der Waals surface area contributed by atoms with E-state index in [-0.39, 0.29) is 5.91 Å². The lowest BCUT2D eigenvalue weighted by Crippen LogP contribution is -2.48. The Balaban J connectivity index is 1.51. The van der Waals surface area contributed by atoms with Gasteiger partial charge in [0, 0.05) is 45.1 Å². The van der Waals surface area contributed by atoms with Crippen molar-refractivity contribution in [3.8, 4) is 5.75 Å². The summed E-state index contributed by atoms with van der Waals surface area (Å²) in [5.41, 5.74) is 1.55. The number of nitrogens with zero attached hydrogens (tertiary/aromatic N) is 4. The van der Waals surface area contributed by atoms with Gasteiger partial charge in [0.15, 0.2) is 0 Å². The van der Waals surface area contributed by atoms with E-state index in [1.54, 1.807) is 16.9 Å². The van der Waals surface area contributed by atoms with Crippen molar-refractivity contribution < 1.29 is 14.3 Å². The van der Waals surface area contributed by atoms with Crippen molar-refractivity contribution >= 4 is 18.3 Å². The summed E-state index contributed by atoms with van der Waals surface area (Å²) in [5.74, 6) is 1.23. The third-order valence-electron chi connectivity index (χ3n) is 4.52. The van der Waals surface area contributed by atoms with E-state index in [4.69, 9.17) is 4.74 Å². The van der Waals surface area contributed by atoms with Crippen molar-refractivity contribution in [2.24, 2.45) is 0 Å². The summed E-state index contributed by atoms with van der Waals surface area (Å²) >= 11 is 0.